The van der Waals surface area contributed by atoms with E-state index in [9.17, 15) is 8.42 Å². The number of likely N-dealkylation sites (N-methyl/N-ethyl adjacent to an activating group) is 1. The Morgan fingerprint density at radius 2 is 1.95 bits per heavy atom. The monoisotopic (exact) mass is 300 g/mol. The van der Waals surface area contributed by atoms with Crippen LogP contribution in [0.5, 0.6) is 0 Å². The third-order valence-corrected chi connectivity index (χ3v) is 4.47. The van der Waals surface area contributed by atoms with Crippen molar-refractivity contribution in [3.8, 4) is 0 Å². The van der Waals surface area contributed by atoms with Gasteiger partial charge in [0.05, 0.1) is 4.90 Å². The second kappa shape index (κ2) is 8.18. The first-order valence-corrected chi connectivity index (χ1v) is 8.43. The van der Waals surface area contributed by atoms with Crippen molar-refractivity contribution in [2.75, 3.05) is 38.0 Å². The Bertz CT molecular complexity index is 501. The number of nitrogens with one attached hydrogen (secondary N) is 2. The van der Waals surface area contributed by atoms with Crippen LogP contribution in [0.25, 0.3) is 0 Å². The molecule has 0 fully saturated rings. The molecule has 0 saturated heterocycles. The van der Waals surface area contributed by atoms with Crippen molar-refractivity contribution in [3.05, 3.63) is 18.3 Å². The molecular formula is C13H24N4O2S. The Hall–Kier alpha value is -1.18. The van der Waals surface area contributed by atoms with Crippen molar-refractivity contribution >= 4 is 15.8 Å². The van der Waals surface area contributed by atoms with Crippen molar-refractivity contribution < 1.29 is 8.42 Å². The fourth-order valence-corrected chi connectivity index (χ4v) is 2.85. The van der Waals surface area contributed by atoms with E-state index < -0.39 is 10.0 Å². The summed E-state index contributed by atoms with van der Waals surface area (Å²) in [5.41, 5.74) is 0. The first-order chi connectivity index (χ1) is 9.53. The van der Waals surface area contributed by atoms with Gasteiger partial charge in [-0.15, -0.1) is 0 Å². The van der Waals surface area contributed by atoms with Gasteiger partial charge < -0.3 is 10.2 Å². The maximum atomic E-state index is 12.2. The summed E-state index contributed by atoms with van der Waals surface area (Å²) in [5.74, 6) is 0.569. The number of aromatic nitrogens is 1. The Morgan fingerprint density at radius 3 is 2.55 bits per heavy atom. The van der Waals surface area contributed by atoms with E-state index in [0.717, 1.165) is 13.1 Å². The zero-order chi connectivity index (χ0) is 15.0. The van der Waals surface area contributed by atoms with Gasteiger partial charge in [0.1, 0.15) is 5.82 Å². The van der Waals surface area contributed by atoms with Crippen molar-refractivity contribution in [1.29, 1.82) is 0 Å². The molecule has 0 aliphatic heterocycles. The van der Waals surface area contributed by atoms with Crippen molar-refractivity contribution in [2.45, 2.75) is 25.7 Å². The lowest BCUT2D eigenvalue weighted by Gasteiger charge is -2.18. The molecule has 0 saturated carbocycles. The van der Waals surface area contributed by atoms with Crippen molar-refractivity contribution in [3.63, 3.8) is 0 Å². The molecule has 6 nitrogen and oxygen atoms in total. The third kappa shape index (κ3) is 5.07. The number of pyridine rings is 1. The van der Waals surface area contributed by atoms with Gasteiger partial charge in [-0.1, -0.05) is 13.8 Å². The van der Waals surface area contributed by atoms with Gasteiger partial charge in [-0.05, 0) is 26.1 Å². The predicted octanol–water partition coefficient (Wildman–Crippen LogP) is 1.13. The quantitative estimate of drug-likeness (QED) is 0.715. The summed E-state index contributed by atoms with van der Waals surface area (Å²) in [6.07, 6.45) is 1.50. The second-order valence-electron chi connectivity index (χ2n) is 4.33. The van der Waals surface area contributed by atoms with Crippen LogP contribution in [-0.4, -0.2) is 51.0 Å². The third-order valence-electron chi connectivity index (χ3n) is 3.01. The van der Waals surface area contributed by atoms with E-state index in [2.05, 4.69) is 33.8 Å². The van der Waals surface area contributed by atoms with E-state index in [0.29, 0.717) is 25.5 Å². The van der Waals surface area contributed by atoms with Crippen LogP contribution in [-0.2, 0) is 10.0 Å². The van der Waals surface area contributed by atoms with Crippen LogP contribution in [0.4, 0.5) is 5.82 Å². The standard InChI is InChI=1S/C13H24N4O2S/c1-4-14-13-11-12(7-8-15-13)20(18,19)16-9-10-17(5-2)6-3/h7-8,11,16H,4-6,9-10H2,1-3H3,(H,14,15). The van der Waals surface area contributed by atoms with E-state index in [1.807, 2.05) is 6.92 Å². The summed E-state index contributed by atoms with van der Waals surface area (Å²) < 4.78 is 26.9. The highest BCUT2D eigenvalue weighted by molar-refractivity contribution is 7.89. The molecule has 7 heteroatoms. The summed E-state index contributed by atoms with van der Waals surface area (Å²) in [7, 11) is -3.47. The molecule has 0 spiro atoms. The molecular weight excluding hydrogens is 276 g/mol. The highest BCUT2D eigenvalue weighted by atomic mass is 32.2. The molecule has 1 aromatic heterocycles. The van der Waals surface area contributed by atoms with Crippen LogP contribution in [0, 0.1) is 0 Å². The first kappa shape index (κ1) is 16.9. The zero-order valence-electron chi connectivity index (χ0n) is 12.4. The zero-order valence-corrected chi connectivity index (χ0v) is 13.2. The van der Waals surface area contributed by atoms with E-state index in [4.69, 9.17) is 0 Å². The number of rotatable bonds is 9. The maximum absolute atomic E-state index is 12.2. The molecule has 0 aliphatic rings. The largest absolute Gasteiger partial charge is 0.370 e. The normalized spacial score (nSPS) is 11.8. The van der Waals surface area contributed by atoms with E-state index >= 15 is 0 Å². The lowest BCUT2D eigenvalue weighted by molar-refractivity contribution is 0.309. The second-order valence-corrected chi connectivity index (χ2v) is 6.10. The lowest BCUT2D eigenvalue weighted by atomic mass is 10.4. The number of anilines is 1. The van der Waals surface area contributed by atoms with Gasteiger partial charge in [0.2, 0.25) is 10.0 Å². The van der Waals surface area contributed by atoms with Gasteiger partial charge in [-0.2, -0.15) is 0 Å². The van der Waals surface area contributed by atoms with Crippen LogP contribution in [0.1, 0.15) is 20.8 Å². The molecule has 1 heterocycles. The minimum Gasteiger partial charge on any atom is -0.370 e. The molecule has 0 bridgehead atoms. The molecule has 0 aliphatic carbocycles. The Kier molecular flexibility index (Phi) is 6.90. The summed E-state index contributed by atoms with van der Waals surface area (Å²) >= 11 is 0. The average Bonchev–Trinajstić information content (AvgIpc) is 2.44. The molecule has 20 heavy (non-hydrogen) atoms. The maximum Gasteiger partial charge on any atom is 0.240 e. The molecule has 2 N–H and O–H groups in total. The van der Waals surface area contributed by atoms with Gasteiger partial charge >= 0.3 is 0 Å². The number of sulfonamides is 1. The van der Waals surface area contributed by atoms with Crippen LogP contribution >= 0.6 is 0 Å². The van der Waals surface area contributed by atoms with Crippen LogP contribution in [0.15, 0.2) is 23.2 Å². The molecule has 0 radical (unpaired) electrons. The van der Waals surface area contributed by atoms with Crippen LogP contribution < -0.4 is 10.0 Å². The molecule has 0 aromatic carbocycles. The molecule has 1 rings (SSSR count). The molecule has 0 unspecified atom stereocenters. The topological polar surface area (TPSA) is 74.3 Å². The minimum atomic E-state index is -3.47. The highest BCUT2D eigenvalue weighted by Gasteiger charge is 2.14. The number of nitrogens with zero attached hydrogens (tertiary/aromatic N) is 2. The predicted molar refractivity (Wildman–Crippen MR) is 81.4 cm³/mol. The summed E-state index contributed by atoms with van der Waals surface area (Å²) in [4.78, 5) is 6.47. The molecule has 0 atom stereocenters. The number of hydrogen-bond donors (Lipinski definition) is 2. The van der Waals surface area contributed by atoms with E-state index in [-0.39, 0.29) is 4.90 Å². The summed E-state index contributed by atoms with van der Waals surface area (Å²) in [6.45, 7) is 9.69. The van der Waals surface area contributed by atoms with Gasteiger partial charge in [-0.3, -0.25) is 0 Å². The highest BCUT2D eigenvalue weighted by Crippen LogP contribution is 2.12. The Labute approximate surface area is 121 Å². The van der Waals surface area contributed by atoms with Gasteiger partial charge in [0.25, 0.3) is 0 Å². The fourth-order valence-electron chi connectivity index (χ4n) is 1.82. The Balaban J connectivity index is 2.66. The van der Waals surface area contributed by atoms with Crippen LogP contribution in [0.2, 0.25) is 0 Å². The van der Waals surface area contributed by atoms with Gasteiger partial charge in [-0.25, -0.2) is 18.1 Å². The van der Waals surface area contributed by atoms with Crippen LogP contribution in [0.3, 0.4) is 0 Å². The van der Waals surface area contributed by atoms with Gasteiger partial charge in [0, 0.05) is 31.9 Å². The van der Waals surface area contributed by atoms with E-state index in [1.54, 1.807) is 6.07 Å². The lowest BCUT2D eigenvalue weighted by Crippen LogP contribution is -2.34. The van der Waals surface area contributed by atoms with E-state index in [1.165, 1.54) is 12.3 Å². The SMILES string of the molecule is CCNc1cc(S(=O)(=O)NCCN(CC)CC)ccn1. The number of hydrogen-bond acceptors (Lipinski definition) is 5. The Morgan fingerprint density at radius 1 is 1.25 bits per heavy atom. The smallest absolute Gasteiger partial charge is 0.240 e. The summed E-state index contributed by atoms with van der Waals surface area (Å²) in [6, 6.07) is 3.05. The molecule has 1 aromatic rings. The average molecular weight is 300 g/mol. The summed E-state index contributed by atoms with van der Waals surface area (Å²) in [5, 5.41) is 3.00. The molecule has 114 valence electrons. The van der Waals surface area contributed by atoms with Gasteiger partial charge in [0.15, 0.2) is 0 Å². The molecule has 0 amide bonds. The van der Waals surface area contributed by atoms with Crippen molar-refractivity contribution in [1.82, 2.24) is 14.6 Å². The fraction of sp³-hybridized carbons (Fsp3) is 0.615. The first-order valence-electron chi connectivity index (χ1n) is 6.95. The van der Waals surface area contributed by atoms with Crippen molar-refractivity contribution in [2.24, 2.45) is 0 Å². The minimum absolute atomic E-state index is 0.239.